The lowest BCUT2D eigenvalue weighted by Crippen LogP contribution is -2.22. The molecule has 10 rings (SSSR count). The smallest absolute Gasteiger partial charge is 0.182 e. The minimum atomic E-state index is -0.143. The molecule has 0 unspecified atom stereocenters. The fourth-order valence-electron chi connectivity index (χ4n) is 9.01. The lowest BCUT2D eigenvalue weighted by molar-refractivity contribution is 0.491. The summed E-state index contributed by atoms with van der Waals surface area (Å²) in [6, 6.07) is 40.9. The molecule has 0 spiro atoms. The number of hydrogen-bond acceptors (Lipinski definition) is 5. The molecule has 3 aromatic heterocycles. The van der Waals surface area contributed by atoms with Crippen molar-refractivity contribution in [1.29, 1.82) is 0 Å². The molecule has 8 aromatic rings. The molecule has 5 aromatic carbocycles. The molecule has 2 aliphatic rings. The Hall–Kier alpha value is -5.94. The van der Waals surface area contributed by atoms with Gasteiger partial charge in [-0.2, -0.15) is 0 Å². The van der Waals surface area contributed by atoms with E-state index in [9.17, 15) is 0 Å². The number of furan rings is 1. The van der Waals surface area contributed by atoms with E-state index in [-0.39, 0.29) is 10.8 Å². The molecule has 3 heterocycles. The molecule has 5 nitrogen and oxygen atoms in total. The van der Waals surface area contributed by atoms with Crippen LogP contribution in [0.4, 0.5) is 0 Å². The Morgan fingerprint density at radius 1 is 0.529 bits per heavy atom. The zero-order valence-electron chi connectivity index (χ0n) is 29.2. The first-order valence-electron chi connectivity index (χ1n) is 17.9. The van der Waals surface area contributed by atoms with Crippen molar-refractivity contribution in [3.05, 3.63) is 144 Å². The van der Waals surface area contributed by atoms with Crippen molar-refractivity contribution >= 4 is 21.9 Å². The van der Waals surface area contributed by atoms with Crippen molar-refractivity contribution in [3.63, 3.8) is 0 Å². The topological polar surface area (TPSA) is 64.7 Å². The summed E-state index contributed by atoms with van der Waals surface area (Å²) >= 11 is 0. The maximum atomic E-state index is 6.81. The van der Waals surface area contributed by atoms with Crippen LogP contribution in [0.5, 0.6) is 0 Å². The van der Waals surface area contributed by atoms with Crippen LogP contribution in [0.25, 0.3) is 78.5 Å². The van der Waals surface area contributed by atoms with Gasteiger partial charge in [0.25, 0.3) is 0 Å². The summed E-state index contributed by atoms with van der Waals surface area (Å²) in [5.41, 5.74) is 14.5. The normalized spacial score (nSPS) is 14.7. The first-order valence-corrected chi connectivity index (χ1v) is 17.9. The molecule has 51 heavy (non-hydrogen) atoms. The number of hydrogen-bond donors (Lipinski definition) is 0. The van der Waals surface area contributed by atoms with Crippen LogP contribution in [-0.2, 0) is 10.8 Å². The SMILES string of the molecule is CCC1(CC)c2ccccc2-c2cc3oc4c(-c5nc(-c6ccc7c(c6)C(C)(C)c6ccccc6-7)nc(-c6ccccn6)n5)cccc4c3cc21. The zero-order valence-corrected chi connectivity index (χ0v) is 29.2. The van der Waals surface area contributed by atoms with Crippen LogP contribution in [0, 0.1) is 0 Å². The molecule has 0 fully saturated rings. The molecule has 0 aliphatic heterocycles. The molecule has 0 saturated carbocycles. The van der Waals surface area contributed by atoms with Gasteiger partial charge in [-0.25, -0.2) is 15.0 Å². The van der Waals surface area contributed by atoms with Gasteiger partial charge in [0.05, 0.1) is 5.56 Å². The summed E-state index contributed by atoms with van der Waals surface area (Å²) < 4.78 is 6.81. The van der Waals surface area contributed by atoms with Gasteiger partial charge in [-0.1, -0.05) is 107 Å². The Morgan fingerprint density at radius 3 is 2.00 bits per heavy atom. The summed E-state index contributed by atoms with van der Waals surface area (Å²) in [5, 5.41) is 2.17. The number of fused-ring (bicyclic) bond motifs is 9. The van der Waals surface area contributed by atoms with Gasteiger partial charge in [-0.3, -0.25) is 4.98 Å². The van der Waals surface area contributed by atoms with Gasteiger partial charge in [0, 0.05) is 33.4 Å². The van der Waals surface area contributed by atoms with Crippen LogP contribution in [-0.4, -0.2) is 19.9 Å². The van der Waals surface area contributed by atoms with Crippen LogP contribution in [0.1, 0.15) is 62.8 Å². The van der Waals surface area contributed by atoms with Gasteiger partial charge in [-0.15, -0.1) is 0 Å². The number of benzene rings is 5. The number of para-hydroxylation sites is 1. The third kappa shape index (κ3) is 4.15. The summed E-state index contributed by atoms with van der Waals surface area (Å²) in [7, 11) is 0. The Labute approximate surface area is 297 Å². The van der Waals surface area contributed by atoms with E-state index in [1.165, 1.54) is 44.5 Å². The first kappa shape index (κ1) is 29.9. The van der Waals surface area contributed by atoms with E-state index in [1.54, 1.807) is 6.20 Å². The van der Waals surface area contributed by atoms with Crippen LogP contribution in [0.15, 0.2) is 126 Å². The summed E-state index contributed by atoms with van der Waals surface area (Å²) in [4.78, 5) is 19.9. The second-order valence-corrected chi connectivity index (χ2v) is 14.5. The molecular weight excluding hydrogens is 625 g/mol. The summed E-state index contributed by atoms with van der Waals surface area (Å²) in [5.74, 6) is 1.69. The van der Waals surface area contributed by atoms with Gasteiger partial charge >= 0.3 is 0 Å². The molecule has 0 amide bonds. The highest BCUT2D eigenvalue weighted by molar-refractivity contribution is 6.11. The van der Waals surface area contributed by atoms with Gasteiger partial charge in [-0.05, 0) is 93.7 Å². The molecule has 5 heteroatoms. The Balaban J connectivity index is 1.18. The van der Waals surface area contributed by atoms with Crippen LogP contribution in [0.2, 0.25) is 0 Å². The van der Waals surface area contributed by atoms with Gasteiger partial charge < -0.3 is 4.42 Å². The standard InChI is InChI=1S/C46H36N4O/c1-5-46(6-2)36-19-10-8-15-29(36)33-26-40-34(25-38(33)46)31-16-13-17-32(41(31)51-40)43-48-42(49-44(50-43)39-20-11-12-23-47-39)27-21-22-30-28-14-7-9-18-35(28)45(3,4)37(30)24-27/h7-26H,5-6H2,1-4H3. The molecule has 0 saturated heterocycles. The molecular formula is C46H36N4O. The van der Waals surface area contributed by atoms with Gasteiger partial charge in [0.15, 0.2) is 17.5 Å². The van der Waals surface area contributed by atoms with E-state index < -0.39 is 0 Å². The highest BCUT2D eigenvalue weighted by Gasteiger charge is 2.41. The van der Waals surface area contributed by atoms with Gasteiger partial charge in [0.2, 0.25) is 0 Å². The third-order valence-corrected chi connectivity index (χ3v) is 11.7. The second kappa shape index (κ2) is 10.8. The third-order valence-electron chi connectivity index (χ3n) is 11.7. The van der Waals surface area contributed by atoms with Crippen molar-refractivity contribution in [1.82, 2.24) is 19.9 Å². The summed E-state index contributed by atoms with van der Waals surface area (Å²) in [6.45, 7) is 9.20. The van der Waals surface area contributed by atoms with Crippen molar-refractivity contribution < 1.29 is 4.42 Å². The first-order chi connectivity index (χ1) is 24.9. The maximum absolute atomic E-state index is 6.81. The Kier molecular flexibility index (Phi) is 6.33. The fraction of sp³-hybridized carbons (Fsp3) is 0.174. The lowest BCUT2D eigenvalue weighted by Gasteiger charge is -2.29. The largest absolute Gasteiger partial charge is 0.455 e. The predicted octanol–water partition coefficient (Wildman–Crippen LogP) is 11.6. The number of pyridine rings is 1. The number of aromatic nitrogens is 4. The van der Waals surface area contributed by atoms with E-state index in [0.29, 0.717) is 23.2 Å². The minimum absolute atomic E-state index is 0.0200. The molecule has 0 N–H and O–H groups in total. The number of rotatable bonds is 5. The van der Waals surface area contributed by atoms with Crippen molar-refractivity contribution in [2.45, 2.75) is 51.4 Å². The molecule has 0 bridgehead atoms. The Bertz CT molecular complexity index is 2700. The van der Waals surface area contributed by atoms with E-state index in [0.717, 1.165) is 45.9 Å². The average molecular weight is 661 g/mol. The van der Waals surface area contributed by atoms with Gasteiger partial charge in [0.1, 0.15) is 16.9 Å². The molecule has 0 radical (unpaired) electrons. The number of nitrogens with zero attached hydrogens (tertiary/aromatic N) is 4. The van der Waals surface area contributed by atoms with E-state index in [1.807, 2.05) is 18.2 Å². The van der Waals surface area contributed by atoms with Crippen LogP contribution < -0.4 is 0 Å². The van der Waals surface area contributed by atoms with E-state index >= 15 is 0 Å². The zero-order chi connectivity index (χ0) is 34.5. The van der Waals surface area contributed by atoms with Crippen molar-refractivity contribution in [2.75, 3.05) is 0 Å². The lowest BCUT2D eigenvalue weighted by atomic mass is 9.73. The highest BCUT2D eigenvalue weighted by atomic mass is 16.3. The quantitative estimate of drug-likeness (QED) is 0.184. The second-order valence-electron chi connectivity index (χ2n) is 14.5. The molecule has 2 aliphatic carbocycles. The average Bonchev–Trinajstić information content (AvgIpc) is 3.77. The highest BCUT2D eigenvalue weighted by Crippen LogP contribution is 2.54. The van der Waals surface area contributed by atoms with Crippen LogP contribution >= 0.6 is 0 Å². The maximum Gasteiger partial charge on any atom is 0.182 e. The van der Waals surface area contributed by atoms with E-state index in [4.69, 9.17) is 19.4 Å². The molecule has 246 valence electrons. The Morgan fingerprint density at radius 2 is 1.22 bits per heavy atom. The fourth-order valence-corrected chi connectivity index (χ4v) is 9.01. The van der Waals surface area contributed by atoms with E-state index in [2.05, 4.69) is 130 Å². The van der Waals surface area contributed by atoms with Crippen molar-refractivity contribution in [3.8, 4) is 56.5 Å². The predicted molar refractivity (Wildman–Crippen MR) is 206 cm³/mol. The molecule has 0 atom stereocenters. The summed E-state index contributed by atoms with van der Waals surface area (Å²) in [6.07, 6.45) is 3.85. The van der Waals surface area contributed by atoms with Crippen LogP contribution in [0.3, 0.4) is 0 Å². The monoisotopic (exact) mass is 660 g/mol. The minimum Gasteiger partial charge on any atom is -0.455 e. The van der Waals surface area contributed by atoms with Crippen molar-refractivity contribution in [2.24, 2.45) is 0 Å².